The standard InChI is InChI=1S/C15H22N4O4S/c1-3-18(4-2)24(22,23)13-7-5-12(6-8-13)17-11-14(20)19-10-9-16-15(19)21/h5-8,17H,3-4,9-11H2,1-2H3,(H,16,21). The summed E-state index contributed by atoms with van der Waals surface area (Å²) in [5.41, 5.74) is 0.612. The maximum absolute atomic E-state index is 12.4. The van der Waals surface area contributed by atoms with Crippen molar-refractivity contribution in [3.05, 3.63) is 24.3 Å². The summed E-state index contributed by atoms with van der Waals surface area (Å²) in [5, 5.41) is 5.46. The molecule has 3 amide bonds. The van der Waals surface area contributed by atoms with Crippen molar-refractivity contribution < 1.29 is 18.0 Å². The number of nitrogens with one attached hydrogen (secondary N) is 2. The maximum atomic E-state index is 12.4. The van der Waals surface area contributed by atoms with Gasteiger partial charge in [0.25, 0.3) is 0 Å². The first-order valence-corrected chi connectivity index (χ1v) is 9.26. The molecular weight excluding hydrogens is 332 g/mol. The molecule has 1 aliphatic heterocycles. The van der Waals surface area contributed by atoms with Crippen LogP contribution in [0.1, 0.15) is 13.8 Å². The number of carbonyl (C=O) groups excluding carboxylic acids is 2. The van der Waals surface area contributed by atoms with Gasteiger partial charge >= 0.3 is 6.03 Å². The van der Waals surface area contributed by atoms with E-state index in [1.54, 1.807) is 26.0 Å². The Bertz CT molecular complexity index is 699. The van der Waals surface area contributed by atoms with Crippen molar-refractivity contribution in [2.24, 2.45) is 0 Å². The molecule has 1 heterocycles. The number of sulfonamides is 1. The molecule has 0 aromatic heterocycles. The van der Waals surface area contributed by atoms with Crippen molar-refractivity contribution in [1.82, 2.24) is 14.5 Å². The van der Waals surface area contributed by atoms with Crippen molar-refractivity contribution in [2.45, 2.75) is 18.7 Å². The van der Waals surface area contributed by atoms with Gasteiger partial charge in [0.05, 0.1) is 11.4 Å². The van der Waals surface area contributed by atoms with Crippen LogP contribution in [0.25, 0.3) is 0 Å². The Morgan fingerprint density at radius 2 is 1.88 bits per heavy atom. The van der Waals surface area contributed by atoms with Gasteiger partial charge in [0.15, 0.2) is 0 Å². The summed E-state index contributed by atoms with van der Waals surface area (Å²) < 4.78 is 26.1. The predicted molar refractivity (Wildman–Crippen MR) is 90.2 cm³/mol. The third kappa shape index (κ3) is 3.85. The van der Waals surface area contributed by atoms with Crippen LogP contribution in [-0.4, -0.2) is 62.3 Å². The van der Waals surface area contributed by atoms with Crippen molar-refractivity contribution in [3.8, 4) is 0 Å². The highest BCUT2D eigenvalue weighted by Crippen LogP contribution is 2.18. The Hall–Kier alpha value is -2.13. The lowest BCUT2D eigenvalue weighted by Gasteiger charge is -2.18. The van der Waals surface area contributed by atoms with Gasteiger partial charge in [0, 0.05) is 31.9 Å². The summed E-state index contributed by atoms with van der Waals surface area (Å²) in [6.45, 7) is 5.18. The molecule has 0 radical (unpaired) electrons. The van der Waals surface area contributed by atoms with E-state index < -0.39 is 10.0 Å². The summed E-state index contributed by atoms with van der Waals surface area (Å²) in [6.07, 6.45) is 0. The van der Waals surface area contributed by atoms with Crippen molar-refractivity contribution in [2.75, 3.05) is 38.0 Å². The summed E-state index contributed by atoms with van der Waals surface area (Å²) in [6, 6.07) is 5.83. The number of hydrogen-bond acceptors (Lipinski definition) is 5. The Morgan fingerprint density at radius 1 is 1.25 bits per heavy atom. The van der Waals surface area contributed by atoms with Crippen LogP contribution >= 0.6 is 0 Å². The molecule has 0 aliphatic carbocycles. The third-order valence-electron chi connectivity index (χ3n) is 3.80. The van der Waals surface area contributed by atoms with E-state index in [-0.39, 0.29) is 23.4 Å². The van der Waals surface area contributed by atoms with Gasteiger partial charge in [0.2, 0.25) is 15.9 Å². The van der Waals surface area contributed by atoms with Crippen LogP contribution in [0.4, 0.5) is 10.5 Å². The zero-order valence-electron chi connectivity index (χ0n) is 13.8. The molecule has 1 aliphatic rings. The van der Waals surface area contributed by atoms with Crippen LogP contribution in [0.15, 0.2) is 29.2 Å². The van der Waals surface area contributed by atoms with Gasteiger partial charge < -0.3 is 10.6 Å². The largest absolute Gasteiger partial charge is 0.376 e. The molecule has 9 heteroatoms. The molecule has 132 valence electrons. The van der Waals surface area contributed by atoms with Crippen LogP contribution in [0.3, 0.4) is 0 Å². The van der Waals surface area contributed by atoms with Gasteiger partial charge in [-0.3, -0.25) is 9.69 Å². The van der Waals surface area contributed by atoms with Crippen LogP contribution in [-0.2, 0) is 14.8 Å². The topological polar surface area (TPSA) is 98.8 Å². The molecule has 1 aromatic rings. The highest BCUT2D eigenvalue weighted by Gasteiger charge is 2.25. The van der Waals surface area contributed by atoms with E-state index in [1.165, 1.54) is 16.4 Å². The quantitative estimate of drug-likeness (QED) is 0.750. The molecule has 0 atom stereocenters. The Balaban J connectivity index is 1.99. The average molecular weight is 354 g/mol. The predicted octanol–water partition coefficient (Wildman–Crippen LogP) is 0.681. The van der Waals surface area contributed by atoms with Crippen LogP contribution in [0, 0.1) is 0 Å². The fourth-order valence-electron chi connectivity index (χ4n) is 2.44. The molecule has 1 saturated heterocycles. The molecule has 0 bridgehead atoms. The normalized spacial score (nSPS) is 14.8. The number of imide groups is 1. The number of anilines is 1. The molecule has 0 saturated carbocycles. The lowest BCUT2D eigenvalue weighted by molar-refractivity contribution is -0.125. The fourth-order valence-corrected chi connectivity index (χ4v) is 3.90. The van der Waals surface area contributed by atoms with Gasteiger partial charge in [-0.25, -0.2) is 13.2 Å². The smallest absolute Gasteiger partial charge is 0.324 e. The minimum atomic E-state index is -3.49. The minimum Gasteiger partial charge on any atom is -0.376 e. The number of rotatable bonds is 7. The van der Waals surface area contributed by atoms with Gasteiger partial charge in [-0.1, -0.05) is 13.8 Å². The first-order chi connectivity index (χ1) is 11.4. The summed E-state index contributed by atoms with van der Waals surface area (Å²) >= 11 is 0. The maximum Gasteiger partial charge on any atom is 0.324 e. The van der Waals surface area contributed by atoms with Gasteiger partial charge in [-0.2, -0.15) is 4.31 Å². The van der Waals surface area contributed by atoms with Crippen molar-refractivity contribution in [3.63, 3.8) is 0 Å². The first-order valence-electron chi connectivity index (χ1n) is 7.82. The Kier molecular flexibility index (Phi) is 5.79. The minimum absolute atomic E-state index is 0.0322. The second kappa shape index (κ2) is 7.63. The van der Waals surface area contributed by atoms with Crippen molar-refractivity contribution in [1.29, 1.82) is 0 Å². The van der Waals surface area contributed by atoms with E-state index >= 15 is 0 Å². The number of urea groups is 1. The number of amides is 3. The fraction of sp³-hybridized carbons (Fsp3) is 0.467. The summed E-state index contributed by atoms with van der Waals surface area (Å²) in [4.78, 5) is 24.7. The van der Waals surface area contributed by atoms with E-state index in [4.69, 9.17) is 0 Å². The van der Waals surface area contributed by atoms with Gasteiger partial charge in [0.1, 0.15) is 0 Å². The molecule has 1 fully saturated rings. The van der Waals surface area contributed by atoms with Crippen LogP contribution in [0.5, 0.6) is 0 Å². The van der Waals surface area contributed by atoms with Crippen molar-refractivity contribution >= 4 is 27.6 Å². The highest BCUT2D eigenvalue weighted by atomic mass is 32.2. The molecule has 1 aromatic carbocycles. The zero-order chi connectivity index (χ0) is 17.7. The SMILES string of the molecule is CCN(CC)S(=O)(=O)c1ccc(NCC(=O)N2CCNC2=O)cc1. The first kappa shape index (κ1) is 18.2. The number of nitrogens with zero attached hydrogens (tertiary/aromatic N) is 2. The molecule has 0 unspecified atom stereocenters. The summed E-state index contributed by atoms with van der Waals surface area (Å²) in [5.74, 6) is -0.329. The zero-order valence-corrected chi connectivity index (χ0v) is 14.6. The second-order valence-electron chi connectivity index (χ2n) is 5.24. The molecular formula is C15H22N4O4S. The molecule has 8 nitrogen and oxygen atoms in total. The Labute approximate surface area is 141 Å². The molecule has 2 rings (SSSR count). The van der Waals surface area contributed by atoms with E-state index in [0.29, 0.717) is 31.9 Å². The van der Waals surface area contributed by atoms with Gasteiger partial charge in [-0.15, -0.1) is 0 Å². The molecule has 0 spiro atoms. The number of benzene rings is 1. The lowest BCUT2D eigenvalue weighted by Crippen LogP contribution is -2.38. The molecule has 24 heavy (non-hydrogen) atoms. The van der Waals surface area contributed by atoms with Crippen LogP contribution in [0.2, 0.25) is 0 Å². The van der Waals surface area contributed by atoms with E-state index in [0.717, 1.165) is 4.90 Å². The van der Waals surface area contributed by atoms with E-state index in [2.05, 4.69) is 10.6 Å². The summed E-state index contributed by atoms with van der Waals surface area (Å²) in [7, 11) is -3.49. The Morgan fingerprint density at radius 3 is 2.38 bits per heavy atom. The van der Waals surface area contributed by atoms with Gasteiger partial charge in [-0.05, 0) is 24.3 Å². The average Bonchev–Trinajstić information content (AvgIpc) is 3.00. The lowest BCUT2D eigenvalue weighted by atomic mass is 10.3. The second-order valence-corrected chi connectivity index (χ2v) is 7.18. The number of carbonyl (C=O) groups is 2. The van der Waals surface area contributed by atoms with E-state index in [9.17, 15) is 18.0 Å². The van der Waals surface area contributed by atoms with E-state index in [1.807, 2.05) is 0 Å². The highest BCUT2D eigenvalue weighted by molar-refractivity contribution is 7.89. The van der Waals surface area contributed by atoms with Crippen LogP contribution < -0.4 is 10.6 Å². The monoisotopic (exact) mass is 354 g/mol. The number of hydrogen-bond donors (Lipinski definition) is 2. The molecule has 2 N–H and O–H groups in total. The third-order valence-corrected chi connectivity index (χ3v) is 5.86.